The molecule has 6 saturated heterocycles. The number of hydrogen-bond acceptors (Lipinski definition) is 23. The van der Waals surface area contributed by atoms with E-state index in [2.05, 4.69) is 0 Å². The summed E-state index contributed by atoms with van der Waals surface area (Å²) < 4.78 is 67.1. The van der Waals surface area contributed by atoms with Crippen LogP contribution in [0.3, 0.4) is 0 Å². The molecule has 0 amide bonds. The molecule has 0 bridgehead atoms. The first-order valence-corrected chi connectivity index (χ1v) is 22.5. The van der Waals surface area contributed by atoms with Gasteiger partial charge >= 0.3 is 5.97 Å². The molecule has 1 saturated carbocycles. The van der Waals surface area contributed by atoms with Gasteiger partial charge in [-0.15, -0.1) is 0 Å². The third-order valence-electron chi connectivity index (χ3n) is 13.6. The molecule has 7 fully saturated rings. The second kappa shape index (κ2) is 18.2. The molecule has 23 nitrogen and oxygen atoms in total. The van der Waals surface area contributed by atoms with E-state index in [0.29, 0.717) is 0 Å². The van der Waals surface area contributed by atoms with Crippen molar-refractivity contribution in [3.05, 3.63) is 29.8 Å². The van der Waals surface area contributed by atoms with Crippen LogP contribution in [0.4, 0.5) is 0 Å². The molecular formula is C40H56O23S. The van der Waals surface area contributed by atoms with Crippen LogP contribution >= 0.6 is 0 Å². The monoisotopic (exact) mass is 936 g/mol. The van der Waals surface area contributed by atoms with E-state index in [1.54, 1.807) is 6.92 Å². The first-order chi connectivity index (χ1) is 30.2. The van der Waals surface area contributed by atoms with Crippen molar-refractivity contribution in [2.24, 2.45) is 11.8 Å². The minimum Gasteiger partial charge on any atom is -0.508 e. The molecule has 1 aromatic rings. The fourth-order valence-corrected chi connectivity index (χ4v) is 11.8. The maximum Gasteiger partial charge on any atom is 0.338 e. The van der Waals surface area contributed by atoms with Crippen molar-refractivity contribution in [2.75, 3.05) is 19.0 Å². The summed E-state index contributed by atoms with van der Waals surface area (Å²) in [6.45, 7) is 3.47. The average molecular weight is 937 g/mol. The number of esters is 1. The summed E-state index contributed by atoms with van der Waals surface area (Å²) in [6, 6.07) is 5.30. The van der Waals surface area contributed by atoms with Crippen LogP contribution in [0.1, 0.15) is 44.0 Å². The minimum absolute atomic E-state index is 0.0724. The summed E-state index contributed by atoms with van der Waals surface area (Å²) in [6.07, 6.45) is -31.0. The predicted octanol–water partition coefficient (Wildman–Crippen LogP) is -5.23. The maximum absolute atomic E-state index is 14.2. The Hall–Kier alpha value is -2.41. The molecule has 24 heteroatoms. The summed E-state index contributed by atoms with van der Waals surface area (Å²) in [5, 5.41) is 118. The van der Waals surface area contributed by atoms with Gasteiger partial charge < -0.3 is 98.8 Å². The molecule has 1 aromatic carbocycles. The van der Waals surface area contributed by atoms with E-state index in [0.717, 1.165) is 0 Å². The largest absolute Gasteiger partial charge is 0.508 e. The standard InChI is InChI=1S/C40H56O23S/c1-13-11-55-39(9-19(13)58-34(51)16-4-6-17(42)7-5-16)38(52)40(53)22(43)8-18-21(12-64(54)32(18)33(40)63-39)60-37-31(27(48)24(45)15(3)57-37)62-36-29(50)30(25(46)20(10-41)59-36)61-35-28(49)26(47)23(44)14(2)56-35/h4-7,13-15,18-33,35-37,41-50,53H,8-12H2,1-3H3. The SMILES string of the molecule is CC1COC2(CC1OC(=O)c1ccc(O)cc1)OC1C3C(CC(O)C1(O)C2=O)C(OC1OC(C)C(O)C(O)C1OC1OC(CO)C(O)C(OC2OC(C)C(O)C(O)C2O)C1O)CS3=O. The highest BCUT2D eigenvalue weighted by Crippen LogP contribution is 2.53. The number of ether oxygens (including phenoxy) is 9. The number of carbonyl (C=O) groups excluding carboxylic acids is 2. The molecule has 25 atom stereocenters. The molecule has 8 rings (SSSR count). The molecule has 6 aliphatic heterocycles. The van der Waals surface area contributed by atoms with Gasteiger partial charge in [-0.1, -0.05) is 6.92 Å². The highest BCUT2D eigenvalue weighted by atomic mass is 32.2. The Balaban J connectivity index is 0.995. The van der Waals surface area contributed by atoms with Crippen LogP contribution in [0.5, 0.6) is 5.75 Å². The highest BCUT2D eigenvalue weighted by molar-refractivity contribution is 7.86. The van der Waals surface area contributed by atoms with E-state index >= 15 is 0 Å². The summed E-state index contributed by atoms with van der Waals surface area (Å²) in [5.74, 6) is -5.74. The minimum atomic E-state index is -2.62. The molecule has 360 valence electrons. The van der Waals surface area contributed by atoms with E-state index in [-0.39, 0.29) is 36.5 Å². The molecule has 0 aromatic heterocycles. The molecule has 11 N–H and O–H groups in total. The van der Waals surface area contributed by atoms with Crippen molar-refractivity contribution >= 4 is 22.6 Å². The zero-order valence-corrected chi connectivity index (χ0v) is 35.6. The number of fused-ring (bicyclic) bond motifs is 3. The number of hydrogen-bond donors (Lipinski definition) is 11. The lowest BCUT2D eigenvalue weighted by Crippen LogP contribution is -2.66. The van der Waals surface area contributed by atoms with E-state index in [1.165, 1.54) is 38.1 Å². The van der Waals surface area contributed by atoms with Crippen molar-refractivity contribution in [3.8, 4) is 5.75 Å². The molecule has 0 radical (unpaired) electrons. The van der Waals surface area contributed by atoms with Crippen molar-refractivity contribution in [1.82, 2.24) is 0 Å². The van der Waals surface area contributed by atoms with Gasteiger partial charge in [0.15, 0.2) is 24.5 Å². The van der Waals surface area contributed by atoms with Crippen LogP contribution in [0.2, 0.25) is 0 Å². The maximum atomic E-state index is 14.2. The van der Waals surface area contributed by atoms with Gasteiger partial charge in [0.25, 0.3) is 0 Å². The molecule has 64 heavy (non-hydrogen) atoms. The normalized spacial score (nSPS) is 51.7. The number of phenolic OH excluding ortho intramolecular Hbond substituents is 1. The van der Waals surface area contributed by atoms with Gasteiger partial charge in [0, 0.05) is 29.1 Å². The van der Waals surface area contributed by atoms with Gasteiger partial charge in [0.2, 0.25) is 11.6 Å². The number of benzene rings is 1. The van der Waals surface area contributed by atoms with Crippen molar-refractivity contribution in [1.29, 1.82) is 0 Å². The number of aliphatic hydroxyl groups is 10. The van der Waals surface area contributed by atoms with Crippen LogP contribution < -0.4 is 0 Å². The Bertz CT molecular complexity index is 1880. The van der Waals surface area contributed by atoms with Crippen molar-refractivity contribution in [2.45, 2.75) is 167 Å². The fourth-order valence-electron chi connectivity index (χ4n) is 9.76. The lowest BCUT2D eigenvalue weighted by atomic mass is 9.70. The summed E-state index contributed by atoms with van der Waals surface area (Å²) in [5.41, 5.74) is -2.50. The number of aliphatic hydroxyl groups excluding tert-OH is 9. The van der Waals surface area contributed by atoms with Gasteiger partial charge in [0.05, 0.1) is 54.2 Å². The summed E-state index contributed by atoms with van der Waals surface area (Å²) in [4.78, 5) is 27.3. The van der Waals surface area contributed by atoms with Gasteiger partial charge in [0.1, 0.15) is 79.0 Å². The van der Waals surface area contributed by atoms with Crippen molar-refractivity contribution < 1.29 is 113 Å². The Morgan fingerprint density at radius 2 is 1.41 bits per heavy atom. The first kappa shape index (κ1) is 48.1. The smallest absolute Gasteiger partial charge is 0.338 e. The average Bonchev–Trinajstić information content (AvgIpc) is 3.68. The zero-order valence-electron chi connectivity index (χ0n) is 34.8. The lowest BCUT2D eigenvalue weighted by molar-refractivity contribution is -0.386. The highest BCUT2D eigenvalue weighted by Gasteiger charge is 2.75. The number of Topliss-reactive ketones (excluding diaryl/α,β-unsaturated/α-hetero) is 1. The van der Waals surface area contributed by atoms with E-state index in [9.17, 15) is 70.0 Å². The van der Waals surface area contributed by atoms with E-state index in [1.807, 2.05) is 0 Å². The van der Waals surface area contributed by atoms with Gasteiger partial charge in [-0.25, -0.2) is 4.79 Å². The van der Waals surface area contributed by atoms with E-state index in [4.69, 9.17) is 42.6 Å². The first-order valence-electron chi connectivity index (χ1n) is 21.1. The third kappa shape index (κ3) is 8.24. The Morgan fingerprint density at radius 3 is 2.08 bits per heavy atom. The van der Waals surface area contributed by atoms with Crippen LogP contribution in [-0.2, 0) is 58.2 Å². The number of carbonyl (C=O) groups is 2. The van der Waals surface area contributed by atoms with Crippen molar-refractivity contribution in [3.63, 3.8) is 0 Å². The Morgan fingerprint density at radius 1 is 0.781 bits per heavy atom. The molecule has 1 aliphatic carbocycles. The number of aromatic hydroxyl groups is 1. The van der Waals surface area contributed by atoms with Gasteiger partial charge in [-0.05, 0) is 44.5 Å². The van der Waals surface area contributed by atoms with Gasteiger partial charge in [-0.3, -0.25) is 9.00 Å². The van der Waals surface area contributed by atoms with Crippen LogP contribution in [-0.4, -0.2) is 224 Å². The zero-order chi connectivity index (χ0) is 46.3. The second-order valence-electron chi connectivity index (χ2n) is 17.8. The molecule has 1 spiro atoms. The molecular weight excluding hydrogens is 880 g/mol. The summed E-state index contributed by atoms with van der Waals surface area (Å²) >= 11 is 0. The predicted molar refractivity (Wildman–Crippen MR) is 207 cm³/mol. The van der Waals surface area contributed by atoms with Crippen LogP contribution in [0.15, 0.2) is 24.3 Å². The fraction of sp³-hybridized carbons (Fsp3) is 0.800. The Labute approximate surface area is 367 Å². The number of ketones is 1. The third-order valence-corrected chi connectivity index (χ3v) is 15.5. The molecule has 6 heterocycles. The van der Waals surface area contributed by atoms with Crippen LogP contribution in [0, 0.1) is 11.8 Å². The molecule has 25 unspecified atom stereocenters. The van der Waals surface area contributed by atoms with Gasteiger partial charge in [-0.2, -0.15) is 0 Å². The summed E-state index contributed by atoms with van der Waals surface area (Å²) in [7, 11) is -1.94. The van der Waals surface area contributed by atoms with E-state index < -0.39 is 174 Å². The Kier molecular flexibility index (Phi) is 13.7. The molecule has 7 aliphatic rings. The number of phenols is 1. The second-order valence-corrected chi connectivity index (χ2v) is 19.5. The lowest BCUT2D eigenvalue weighted by Gasteiger charge is -2.48. The van der Waals surface area contributed by atoms with Crippen LogP contribution in [0.25, 0.3) is 0 Å². The quantitative estimate of drug-likeness (QED) is 0.103. The number of rotatable bonds is 9. The topological polar surface area (TPSA) is 357 Å².